The summed E-state index contributed by atoms with van der Waals surface area (Å²) >= 11 is 0. The van der Waals surface area contributed by atoms with Gasteiger partial charge in [-0.1, -0.05) is 19.1 Å². The van der Waals surface area contributed by atoms with Crippen LogP contribution in [0.2, 0.25) is 0 Å². The molecule has 0 aromatic heterocycles. The van der Waals surface area contributed by atoms with E-state index < -0.39 is 0 Å². The Morgan fingerprint density at radius 3 is 2.75 bits per heavy atom. The van der Waals surface area contributed by atoms with Gasteiger partial charge in [0.1, 0.15) is 5.75 Å². The molecule has 2 aliphatic rings. The molecule has 2 atom stereocenters. The molecular weight excluding hydrogens is 302 g/mol. The van der Waals surface area contributed by atoms with E-state index in [2.05, 4.69) is 27.7 Å². The van der Waals surface area contributed by atoms with E-state index in [0.29, 0.717) is 12.5 Å². The molecule has 5 nitrogen and oxygen atoms in total. The maximum Gasteiger partial charge on any atom is 0.223 e. The van der Waals surface area contributed by atoms with Crippen LogP contribution in [0.15, 0.2) is 24.3 Å². The third kappa shape index (κ3) is 3.90. The number of methoxy groups -OCH3 is 1. The van der Waals surface area contributed by atoms with E-state index in [9.17, 15) is 4.79 Å². The first-order chi connectivity index (χ1) is 11.7. The van der Waals surface area contributed by atoms with Gasteiger partial charge in [-0.05, 0) is 62.6 Å². The van der Waals surface area contributed by atoms with Crippen molar-refractivity contribution in [2.24, 2.45) is 11.8 Å². The molecular formula is C19H29N3O2. The van der Waals surface area contributed by atoms with Gasteiger partial charge in [0, 0.05) is 12.5 Å². The predicted molar refractivity (Wildman–Crippen MR) is 95.1 cm³/mol. The van der Waals surface area contributed by atoms with Gasteiger partial charge >= 0.3 is 0 Å². The predicted octanol–water partition coefficient (Wildman–Crippen LogP) is 1.80. The molecule has 0 radical (unpaired) electrons. The monoisotopic (exact) mass is 331 g/mol. The summed E-state index contributed by atoms with van der Waals surface area (Å²) in [6, 6.07) is 8.44. The standard InChI is InChI=1S/C19H29N3O2/c1-14(16-11-20-12-16)19(23)21-13-18(22-8-3-4-9-22)15-6-5-7-17(10-15)24-2/h5-7,10,14,16,18,20H,3-4,8-9,11-13H2,1-2H3,(H,21,23). The lowest BCUT2D eigenvalue weighted by atomic mass is 9.88. The summed E-state index contributed by atoms with van der Waals surface area (Å²) in [6.07, 6.45) is 2.47. The zero-order chi connectivity index (χ0) is 16.9. The zero-order valence-electron chi connectivity index (χ0n) is 14.8. The zero-order valence-corrected chi connectivity index (χ0v) is 14.8. The van der Waals surface area contributed by atoms with Crippen LogP contribution in [0.25, 0.3) is 0 Å². The Morgan fingerprint density at radius 1 is 1.38 bits per heavy atom. The number of rotatable bonds is 7. The second-order valence-corrected chi connectivity index (χ2v) is 6.99. The van der Waals surface area contributed by atoms with Crippen LogP contribution < -0.4 is 15.4 Å². The fraction of sp³-hybridized carbons (Fsp3) is 0.632. The molecule has 0 saturated carbocycles. The van der Waals surface area contributed by atoms with Crippen LogP contribution in [0.4, 0.5) is 0 Å². The molecule has 2 N–H and O–H groups in total. The molecule has 5 heteroatoms. The molecule has 1 amide bonds. The van der Waals surface area contributed by atoms with Gasteiger partial charge in [-0.25, -0.2) is 0 Å². The van der Waals surface area contributed by atoms with Gasteiger partial charge in [0.05, 0.1) is 13.2 Å². The summed E-state index contributed by atoms with van der Waals surface area (Å²) in [5.41, 5.74) is 1.22. The highest BCUT2D eigenvalue weighted by atomic mass is 16.5. The Bertz CT molecular complexity index is 553. The van der Waals surface area contributed by atoms with E-state index in [-0.39, 0.29) is 17.9 Å². The lowest BCUT2D eigenvalue weighted by molar-refractivity contribution is -0.126. The number of nitrogens with zero attached hydrogens (tertiary/aromatic N) is 1. The van der Waals surface area contributed by atoms with Crippen molar-refractivity contribution in [1.82, 2.24) is 15.5 Å². The summed E-state index contributed by atoms with van der Waals surface area (Å²) in [7, 11) is 1.69. The highest BCUT2D eigenvalue weighted by Crippen LogP contribution is 2.27. The SMILES string of the molecule is COc1cccc(C(CNC(=O)C(C)C2CNC2)N2CCCC2)c1. The normalized spacial score (nSPS) is 21.1. The molecule has 24 heavy (non-hydrogen) atoms. The topological polar surface area (TPSA) is 53.6 Å². The number of benzene rings is 1. The second kappa shape index (κ2) is 7.99. The summed E-state index contributed by atoms with van der Waals surface area (Å²) in [5, 5.41) is 6.44. The Kier molecular flexibility index (Phi) is 5.74. The van der Waals surface area contributed by atoms with Crippen LogP contribution in [0.3, 0.4) is 0 Å². The maximum atomic E-state index is 12.5. The summed E-state index contributed by atoms with van der Waals surface area (Å²) < 4.78 is 5.37. The van der Waals surface area contributed by atoms with Crippen LogP contribution >= 0.6 is 0 Å². The van der Waals surface area contributed by atoms with Crippen molar-refractivity contribution >= 4 is 5.91 Å². The first-order valence-corrected chi connectivity index (χ1v) is 9.05. The summed E-state index contributed by atoms with van der Waals surface area (Å²) in [6.45, 7) is 6.81. The number of ether oxygens (including phenoxy) is 1. The molecule has 2 heterocycles. The minimum atomic E-state index is 0.0794. The van der Waals surface area contributed by atoms with Crippen molar-refractivity contribution in [1.29, 1.82) is 0 Å². The van der Waals surface area contributed by atoms with Crippen molar-refractivity contribution < 1.29 is 9.53 Å². The van der Waals surface area contributed by atoms with Crippen LogP contribution in [0.1, 0.15) is 31.4 Å². The number of hydrogen-bond acceptors (Lipinski definition) is 4. The fourth-order valence-electron chi connectivity index (χ4n) is 3.60. The maximum absolute atomic E-state index is 12.5. The number of hydrogen-bond donors (Lipinski definition) is 2. The van der Waals surface area contributed by atoms with E-state index in [1.807, 2.05) is 19.1 Å². The van der Waals surface area contributed by atoms with Crippen molar-refractivity contribution in [2.45, 2.75) is 25.8 Å². The van der Waals surface area contributed by atoms with Crippen LogP contribution in [-0.4, -0.2) is 50.6 Å². The van der Waals surface area contributed by atoms with Crippen molar-refractivity contribution in [3.05, 3.63) is 29.8 Å². The quantitative estimate of drug-likeness (QED) is 0.800. The van der Waals surface area contributed by atoms with Gasteiger partial charge < -0.3 is 15.4 Å². The van der Waals surface area contributed by atoms with Crippen LogP contribution in [-0.2, 0) is 4.79 Å². The Morgan fingerprint density at radius 2 is 2.12 bits per heavy atom. The fourth-order valence-corrected chi connectivity index (χ4v) is 3.60. The van der Waals surface area contributed by atoms with Gasteiger partial charge in [0.25, 0.3) is 0 Å². The molecule has 2 unspecified atom stereocenters. The molecule has 2 aliphatic heterocycles. The number of nitrogens with one attached hydrogen (secondary N) is 2. The molecule has 3 rings (SSSR count). The Labute approximate surface area is 144 Å². The van der Waals surface area contributed by atoms with Crippen LogP contribution in [0.5, 0.6) is 5.75 Å². The van der Waals surface area contributed by atoms with E-state index >= 15 is 0 Å². The molecule has 1 aromatic carbocycles. The third-order valence-corrected chi connectivity index (χ3v) is 5.46. The molecule has 2 saturated heterocycles. The first kappa shape index (κ1) is 17.2. The third-order valence-electron chi connectivity index (χ3n) is 5.46. The smallest absolute Gasteiger partial charge is 0.223 e. The van der Waals surface area contributed by atoms with E-state index in [1.165, 1.54) is 18.4 Å². The lowest BCUT2D eigenvalue weighted by Gasteiger charge is -2.33. The number of carbonyl (C=O) groups excluding carboxylic acids is 1. The van der Waals surface area contributed by atoms with Gasteiger partial charge in [-0.15, -0.1) is 0 Å². The average molecular weight is 331 g/mol. The summed E-state index contributed by atoms with van der Waals surface area (Å²) in [4.78, 5) is 14.9. The van der Waals surface area contributed by atoms with E-state index in [1.54, 1.807) is 7.11 Å². The average Bonchev–Trinajstić information content (AvgIpc) is 3.07. The second-order valence-electron chi connectivity index (χ2n) is 6.99. The van der Waals surface area contributed by atoms with Crippen LogP contribution in [0, 0.1) is 11.8 Å². The van der Waals surface area contributed by atoms with Gasteiger partial charge in [-0.2, -0.15) is 0 Å². The minimum absolute atomic E-state index is 0.0794. The van der Waals surface area contributed by atoms with Gasteiger partial charge in [-0.3, -0.25) is 9.69 Å². The molecule has 1 aromatic rings. The van der Waals surface area contributed by atoms with E-state index in [0.717, 1.165) is 31.9 Å². The molecule has 0 aliphatic carbocycles. The van der Waals surface area contributed by atoms with Gasteiger partial charge in [0.15, 0.2) is 0 Å². The lowest BCUT2D eigenvalue weighted by Crippen LogP contribution is -2.50. The van der Waals surface area contributed by atoms with Crippen molar-refractivity contribution in [3.63, 3.8) is 0 Å². The molecule has 0 spiro atoms. The van der Waals surface area contributed by atoms with Crippen molar-refractivity contribution in [3.8, 4) is 5.75 Å². The Balaban J connectivity index is 1.66. The molecule has 2 fully saturated rings. The first-order valence-electron chi connectivity index (χ1n) is 9.05. The number of likely N-dealkylation sites (tertiary alicyclic amines) is 1. The number of amides is 1. The molecule has 0 bridgehead atoms. The Hall–Kier alpha value is -1.59. The summed E-state index contributed by atoms with van der Waals surface area (Å²) in [5.74, 6) is 1.60. The van der Waals surface area contributed by atoms with Gasteiger partial charge in [0.2, 0.25) is 5.91 Å². The van der Waals surface area contributed by atoms with E-state index in [4.69, 9.17) is 4.74 Å². The van der Waals surface area contributed by atoms with Crippen molar-refractivity contribution in [2.75, 3.05) is 39.8 Å². The minimum Gasteiger partial charge on any atom is -0.497 e. The highest BCUT2D eigenvalue weighted by molar-refractivity contribution is 5.78. The molecule has 132 valence electrons. The highest BCUT2D eigenvalue weighted by Gasteiger charge is 2.30. The largest absolute Gasteiger partial charge is 0.497 e. The number of carbonyl (C=O) groups is 1.